The molecule has 2 aromatic heterocycles. The third-order valence-corrected chi connectivity index (χ3v) is 7.81. The minimum absolute atomic E-state index is 0.209. The summed E-state index contributed by atoms with van der Waals surface area (Å²) < 4.78 is 27.4. The van der Waals surface area contributed by atoms with Crippen LogP contribution in [0.15, 0.2) is 31.6 Å². The fourth-order valence-electron chi connectivity index (χ4n) is 1.52. The maximum Gasteiger partial charge on any atom is 0.252 e. The second-order valence-corrected chi connectivity index (χ2v) is 10.1. The number of hydrogen-bond donors (Lipinski definition) is 1. The van der Waals surface area contributed by atoms with E-state index in [4.69, 9.17) is 18.0 Å². The maximum atomic E-state index is 12.4. The summed E-state index contributed by atoms with van der Waals surface area (Å²) >= 11 is 10.8. The molecular weight excluding hydrogens is 400 g/mol. The van der Waals surface area contributed by atoms with Crippen LogP contribution in [0.1, 0.15) is 10.4 Å². The van der Waals surface area contributed by atoms with Crippen LogP contribution in [0, 0.1) is 0 Å². The van der Waals surface area contributed by atoms with Gasteiger partial charge >= 0.3 is 0 Å². The molecule has 108 valence electrons. The summed E-state index contributed by atoms with van der Waals surface area (Å²) in [5, 5.41) is 1.92. The Hall–Kier alpha value is -0.320. The third-order valence-electron chi connectivity index (χ3n) is 2.52. The lowest BCUT2D eigenvalue weighted by atomic mass is 10.3. The van der Waals surface area contributed by atoms with Crippen LogP contribution in [0.5, 0.6) is 0 Å². The number of thiocarbonyl (C=S) groups is 1. The zero-order valence-corrected chi connectivity index (χ0v) is 15.2. The molecule has 2 heterocycles. The molecule has 4 nitrogen and oxygen atoms in total. The van der Waals surface area contributed by atoms with E-state index in [2.05, 4.69) is 15.9 Å². The van der Waals surface area contributed by atoms with Gasteiger partial charge < -0.3 is 5.73 Å². The Kier molecular flexibility index (Phi) is 4.98. The second-order valence-electron chi connectivity index (χ2n) is 4.00. The zero-order valence-electron chi connectivity index (χ0n) is 10.4. The summed E-state index contributed by atoms with van der Waals surface area (Å²) in [6.45, 7) is 0.324. The van der Waals surface area contributed by atoms with Crippen molar-refractivity contribution >= 4 is 65.8 Å². The van der Waals surface area contributed by atoms with Crippen molar-refractivity contribution in [2.75, 3.05) is 7.05 Å². The van der Waals surface area contributed by atoms with Gasteiger partial charge in [0.15, 0.2) is 0 Å². The number of rotatable bonds is 5. The van der Waals surface area contributed by atoms with E-state index in [1.165, 1.54) is 21.7 Å². The van der Waals surface area contributed by atoms with Gasteiger partial charge in [-0.3, -0.25) is 0 Å². The van der Waals surface area contributed by atoms with Gasteiger partial charge in [0, 0.05) is 13.6 Å². The first-order chi connectivity index (χ1) is 9.30. The first kappa shape index (κ1) is 16.1. The Morgan fingerprint density at radius 2 is 2.20 bits per heavy atom. The fraction of sp³-hybridized carbons (Fsp3) is 0.182. The normalized spacial score (nSPS) is 11.9. The molecule has 0 aliphatic heterocycles. The Labute approximate surface area is 139 Å². The lowest BCUT2D eigenvalue weighted by Gasteiger charge is -2.15. The first-order valence-electron chi connectivity index (χ1n) is 5.39. The molecule has 0 aliphatic rings. The van der Waals surface area contributed by atoms with Crippen LogP contribution in [-0.2, 0) is 16.6 Å². The molecule has 20 heavy (non-hydrogen) atoms. The van der Waals surface area contributed by atoms with E-state index in [1.54, 1.807) is 13.1 Å². The second kappa shape index (κ2) is 6.20. The molecule has 0 unspecified atom stereocenters. The monoisotopic (exact) mass is 410 g/mol. The molecule has 0 radical (unpaired) electrons. The van der Waals surface area contributed by atoms with E-state index >= 15 is 0 Å². The number of nitrogens with two attached hydrogens (primary N) is 1. The first-order valence-corrected chi connectivity index (χ1v) is 9.73. The highest BCUT2D eigenvalue weighted by atomic mass is 79.9. The summed E-state index contributed by atoms with van der Waals surface area (Å²) in [4.78, 5) is 0.811. The van der Waals surface area contributed by atoms with Crippen LogP contribution >= 0.6 is 50.8 Å². The Balaban J connectivity index is 2.22. The van der Waals surface area contributed by atoms with Gasteiger partial charge in [-0.15, -0.1) is 22.7 Å². The van der Waals surface area contributed by atoms with E-state index in [0.717, 1.165) is 20.7 Å². The Morgan fingerprint density at radius 3 is 2.70 bits per heavy atom. The smallest absolute Gasteiger partial charge is 0.252 e. The quantitative estimate of drug-likeness (QED) is 0.769. The maximum absolute atomic E-state index is 12.4. The molecule has 2 N–H and O–H groups in total. The van der Waals surface area contributed by atoms with E-state index < -0.39 is 10.0 Å². The van der Waals surface area contributed by atoms with E-state index in [9.17, 15) is 8.42 Å². The molecule has 0 saturated carbocycles. The van der Waals surface area contributed by atoms with Crippen molar-refractivity contribution in [3.63, 3.8) is 0 Å². The highest BCUT2D eigenvalue weighted by Gasteiger charge is 2.23. The summed E-state index contributed by atoms with van der Waals surface area (Å²) in [7, 11) is -1.96. The fourth-order valence-corrected chi connectivity index (χ4v) is 5.44. The van der Waals surface area contributed by atoms with Crippen LogP contribution in [0.3, 0.4) is 0 Å². The average molecular weight is 411 g/mol. The number of thiophene rings is 2. The molecular formula is C11H11BrN2O2S4. The van der Waals surface area contributed by atoms with E-state index in [1.807, 2.05) is 11.4 Å². The predicted octanol–water partition coefficient (Wildman–Crippen LogP) is 3.03. The molecule has 0 spiro atoms. The summed E-state index contributed by atoms with van der Waals surface area (Å²) in [6, 6.07) is 5.08. The summed E-state index contributed by atoms with van der Waals surface area (Å²) in [6.07, 6.45) is 0. The molecule has 0 bridgehead atoms. The SMILES string of the molecule is CN(Cc1csc(Br)c1)S(=O)(=O)c1ccc(C(N)=S)s1. The molecule has 0 aromatic carbocycles. The third kappa shape index (κ3) is 3.46. The topological polar surface area (TPSA) is 63.4 Å². The summed E-state index contributed by atoms with van der Waals surface area (Å²) in [5.41, 5.74) is 6.45. The van der Waals surface area contributed by atoms with Crippen molar-refractivity contribution in [2.24, 2.45) is 5.73 Å². The Bertz CT molecular complexity index is 735. The van der Waals surface area contributed by atoms with Gasteiger partial charge in [0.25, 0.3) is 10.0 Å². The van der Waals surface area contributed by atoms with Crippen LogP contribution in [0.25, 0.3) is 0 Å². The lowest BCUT2D eigenvalue weighted by Crippen LogP contribution is -2.25. The molecule has 0 atom stereocenters. The van der Waals surface area contributed by atoms with E-state index in [-0.39, 0.29) is 9.20 Å². The summed E-state index contributed by atoms with van der Waals surface area (Å²) in [5.74, 6) is 0. The van der Waals surface area contributed by atoms with Crippen LogP contribution < -0.4 is 5.73 Å². The van der Waals surface area contributed by atoms with Crippen molar-refractivity contribution in [3.05, 3.63) is 37.8 Å². The largest absolute Gasteiger partial charge is 0.389 e. The molecule has 0 aliphatic carbocycles. The average Bonchev–Trinajstić information content (AvgIpc) is 2.98. The van der Waals surface area contributed by atoms with Crippen molar-refractivity contribution < 1.29 is 8.42 Å². The van der Waals surface area contributed by atoms with Gasteiger partial charge in [0.1, 0.15) is 9.20 Å². The standard InChI is InChI=1S/C11H11BrN2O2S4/c1-14(5-7-4-9(12)18-6-7)20(15,16)10-3-2-8(19-10)11(13)17/h2-4,6H,5H2,1H3,(H2,13,17). The minimum Gasteiger partial charge on any atom is -0.389 e. The molecule has 9 heteroatoms. The van der Waals surface area contributed by atoms with Crippen LogP contribution in [0.2, 0.25) is 0 Å². The van der Waals surface area contributed by atoms with Crippen molar-refractivity contribution in [2.45, 2.75) is 10.8 Å². The number of halogens is 1. The lowest BCUT2D eigenvalue weighted by molar-refractivity contribution is 0.469. The number of hydrogen-bond acceptors (Lipinski definition) is 5. The Morgan fingerprint density at radius 1 is 1.50 bits per heavy atom. The zero-order chi connectivity index (χ0) is 14.9. The van der Waals surface area contributed by atoms with Gasteiger partial charge in [-0.1, -0.05) is 12.2 Å². The molecule has 2 rings (SSSR count). The van der Waals surface area contributed by atoms with Crippen molar-refractivity contribution in [3.8, 4) is 0 Å². The molecule has 0 saturated heterocycles. The van der Waals surface area contributed by atoms with Crippen molar-refractivity contribution in [1.82, 2.24) is 4.31 Å². The number of nitrogens with zero attached hydrogens (tertiary/aromatic N) is 1. The van der Waals surface area contributed by atoms with Gasteiger partial charge in [0.2, 0.25) is 0 Å². The molecule has 2 aromatic rings. The van der Waals surface area contributed by atoms with Crippen molar-refractivity contribution in [1.29, 1.82) is 0 Å². The highest BCUT2D eigenvalue weighted by Crippen LogP contribution is 2.27. The minimum atomic E-state index is -3.51. The predicted molar refractivity (Wildman–Crippen MR) is 90.9 cm³/mol. The van der Waals surface area contributed by atoms with Crippen LogP contribution in [0.4, 0.5) is 0 Å². The van der Waals surface area contributed by atoms with Gasteiger partial charge in [-0.2, -0.15) is 4.31 Å². The highest BCUT2D eigenvalue weighted by molar-refractivity contribution is 9.11. The molecule has 0 amide bonds. The van der Waals surface area contributed by atoms with Gasteiger partial charge in [-0.25, -0.2) is 8.42 Å². The van der Waals surface area contributed by atoms with Gasteiger partial charge in [0.05, 0.1) is 8.66 Å². The number of sulfonamides is 1. The van der Waals surface area contributed by atoms with Gasteiger partial charge in [-0.05, 0) is 45.1 Å². The molecule has 0 fully saturated rings. The van der Waals surface area contributed by atoms with E-state index in [0.29, 0.717) is 11.4 Å². The van der Waals surface area contributed by atoms with Crippen LogP contribution in [-0.4, -0.2) is 24.8 Å².